The van der Waals surface area contributed by atoms with Gasteiger partial charge in [0.15, 0.2) is 0 Å². The van der Waals surface area contributed by atoms with Crippen LogP contribution in [0.3, 0.4) is 0 Å². The van der Waals surface area contributed by atoms with Gasteiger partial charge in [-0.3, -0.25) is 0 Å². The summed E-state index contributed by atoms with van der Waals surface area (Å²) in [6.45, 7) is 7.96. The molecule has 0 atom stereocenters. The second-order valence-corrected chi connectivity index (χ2v) is 4.01. The number of ether oxygens (including phenoxy) is 1. The molecule has 1 aromatic rings. The van der Waals surface area contributed by atoms with Crippen LogP contribution >= 0.6 is 0 Å². The number of nitrogens with one attached hydrogen (secondary N) is 1. The first-order valence-electron chi connectivity index (χ1n) is 6.17. The van der Waals surface area contributed by atoms with E-state index in [1.807, 2.05) is 6.92 Å². The van der Waals surface area contributed by atoms with Crippen molar-refractivity contribution in [2.75, 3.05) is 19.8 Å². The SMILES string of the molecule is CCOCCCCNCc1ccccc1C. The van der Waals surface area contributed by atoms with E-state index >= 15 is 0 Å². The van der Waals surface area contributed by atoms with E-state index < -0.39 is 0 Å². The highest BCUT2D eigenvalue weighted by atomic mass is 16.5. The molecular weight excluding hydrogens is 198 g/mol. The summed E-state index contributed by atoms with van der Waals surface area (Å²) in [6.07, 6.45) is 2.33. The van der Waals surface area contributed by atoms with Crippen molar-refractivity contribution in [1.29, 1.82) is 0 Å². The molecule has 0 spiro atoms. The normalized spacial score (nSPS) is 10.6. The van der Waals surface area contributed by atoms with Gasteiger partial charge in [0, 0.05) is 19.8 Å². The summed E-state index contributed by atoms with van der Waals surface area (Å²) >= 11 is 0. The Balaban J connectivity index is 2.05. The molecular formula is C14H23NO. The lowest BCUT2D eigenvalue weighted by atomic mass is 10.1. The molecule has 0 aliphatic rings. The zero-order valence-corrected chi connectivity index (χ0v) is 10.5. The Hall–Kier alpha value is -0.860. The molecule has 0 amide bonds. The molecule has 2 heteroatoms. The maximum atomic E-state index is 5.29. The van der Waals surface area contributed by atoms with Crippen LogP contribution in [-0.2, 0) is 11.3 Å². The molecule has 1 N–H and O–H groups in total. The first kappa shape index (κ1) is 13.2. The van der Waals surface area contributed by atoms with Crippen LogP contribution in [0.5, 0.6) is 0 Å². The van der Waals surface area contributed by atoms with Gasteiger partial charge >= 0.3 is 0 Å². The van der Waals surface area contributed by atoms with Gasteiger partial charge in [0.1, 0.15) is 0 Å². The lowest BCUT2D eigenvalue weighted by Crippen LogP contribution is -2.15. The van der Waals surface area contributed by atoms with Gasteiger partial charge in [-0.2, -0.15) is 0 Å². The summed E-state index contributed by atoms with van der Waals surface area (Å²) in [5.41, 5.74) is 2.76. The largest absolute Gasteiger partial charge is 0.382 e. The summed E-state index contributed by atoms with van der Waals surface area (Å²) in [5.74, 6) is 0. The molecule has 2 nitrogen and oxygen atoms in total. The van der Waals surface area contributed by atoms with Gasteiger partial charge < -0.3 is 10.1 Å². The molecule has 0 aromatic heterocycles. The van der Waals surface area contributed by atoms with Crippen molar-refractivity contribution >= 4 is 0 Å². The summed E-state index contributed by atoms with van der Waals surface area (Å²) < 4.78 is 5.29. The third-order valence-electron chi connectivity index (χ3n) is 2.67. The summed E-state index contributed by atoms with van der Waals surface area (Å²) in [6, 6.07) is 8.52. The van der Waals surface area contributed by atoms with Crippen LogP contribution < -0.4 is 5.32 Å². The van der Waals surface area contributed by atoms with Gasteiger partial charge in [-0.1, -0.05) is 24.3 Å². The highest BCUT2D eigenvalue weighted by Crippen LogP contribution is 2.05. The first-order chi connectivity index (χ1) is 7.84. The Bertz CT molecular complexity index is 286. The Kier molecular flexibility index (Phi) is 6.86. The van der Waals surface area contributed by atoms with Gasteiger partial charge in [-0.25, -0.2) is 0 Å². The molecule has 0 fully saturated rings. The van der Waals surface area contributed by atoms with Gasteiger partial charge in [0.25, 0.3) is 0 Å². The van der Waals surface area contributed by atoms with Gasteiger partial charge in [-0.05, 0) is 44.4 Å². The van der Waals surface area contributed by atoms with Crippen LogP contribution in [0.2, 0.25) is 0 Å². The lowest BCUT2D eigenvalue weighted by molar-refractivity contribution is 0.143. The molecule has 16 heavy (non-hydrogen) atoms. The minimum absolute atomic E-state index is 0.830. The summed E-state index contributed by atoms with van der Waals surface area (Å²) in [5, 5.41) is 3.46. The Morgan fingerprint density at radius 3 is 2.75 bits per heavy atom. The molecule has 90 valence electrons. The van der Waals surface area contributed by atoms with Crippen LogP contribution in [0.4, 0.5) is 0 Å². The second-order valence-electron chi connectivity index (χ2n) is 4.01. The Morgan fingerprint density at radius 1 is 1.19 bits per heavy atom. The van der Waals surface area contributed by atoms with E-state index in [9.17, 15) is 0 Å². The van der Waals surface area contributed by atoms with Gasteiger partial charge in [0.05, 0.1) is 0 Å². The Labute approximate surface area is 99.0 Å². The first-order valence-corrected chi connectivity index (χ1v) is 6.17. The van der Waals surface area contributed by atoms with E-state index in [1.165, 1.54) is 17.5 Å². The summed E-state index contributed by atoms with van der Waals surface area (Å²) in [7, 11) is 0. The lowest BCUT2D eigenvalue weighted by Gasteiger charge is -2.07. The van der Waals surface area contributed by atoms with Crippen molar-refractivity contribution < 1.29 is 4.74 Å². The molecule has 0 radical (unpaired) electrons. The Morgan fingerprint density at radius 2 is 2.00 bits per heavy atom. The number of hydrogen-bond acceptors (Lipinski definition) is 2. The topological polar surface area (TPSA) is 21.3 Å². The highest BCUT2D eigenvalue weighted by Gasteiger charge is 1.95. The summed E-state index contributed by atoms with van der Waals surface area (Å²) in [4.78, 5) is 0. The molecule has 1 aromatic carbocycles. The third-order valence-corrected chi connectivity index (χ3v) is 2.67. The number of benzene rings is 1. The monoisotopic (exact) mass is 221 g/mol. The van der Waals surface area contributed by atoms with E-state index in [0.717, 1.165) is 32.7 Å². The fourth-order valence-corrected chi connectivity index (χ4v) is 1.63. The molecule has 0 bridgehead atoms. The van der Waals surface area contributed by atoms with Crippen LogP contribution in [0.25, 0.3) is 0 Å². The van der Waals surface area contributed by atoms with E-state index in [4.69, 9.17) is 4.74 Å². The predicted octanol–water partition coefficient (Wildman–Crippen LogP) is 2.90. The van der Waals surface area contributed by atoms with Gasteiger partial charge in [-0.15, -0.1) is 0 Å². The van der Waals surface area contributed by atoms with Crippen LogP contribution in [-0.4, -0.2) is 19.8 Å². The van der Waals surface area contributed by atoms with Crippen LogP contribution in [0.1, 0.15) is 30.9 Å². The third kappa shape index (κ3) is 5.29. The minimum atomic E-state index is 0.830. The number of unbranched alkanes of at least 4 members (excludes halogenated alkanes) is 1. The number of aryl methyl sites for hydroxylation is 1. The number of hydrogen-bond donors (Lipinski definition) is 1. The fraction of sp³-hybridized carbons (Fsp3) is 0.571. The predicted molar refractivity (Wildman–Crippen MR) is 68.6 cm³/mol. The average molecular weight is 221 g/mol. The van der Waals surface area contributed by atoms with Crippen molar-refractivity contribution in [3.8, 4) is 0 Å². The maximum absolute atomic E-state index is 5.29. The van der Waals surface area contributed by atoms with E-state index in [-0.39, 0.29) is 0 Å². The second kappa shape index (κ2) is 8.31. The van der Waals surface area contributed by atoms with Gasteiger partial charge in [0.2, 0.25) is 0 Å². The number of rotatable bonds is 8. The molecule has 0 unspecified atom stereocenters. The van der Waals surface area contributed by atoms with Crippen molar-refractivity contribution in [3.05, 3.63) is 35.4 Å². The zero-order chi connectivity index (χ0) is 11.6. The smallest absolute Gasteiger partial charge is 0.0466 e. The van der Waals surface area contributed by atoms with E-state index in [2.05, 4.69) is 36.5 Å². The van der Waals surface area contributed by atoms with Crippen molar-refractivity contribution in [2.45, 2.75) is 33.2 Å². The van der Waals surface area contributed by atoms with E-state index in [1.54, 1.807) is 0 Å². The van der Waals surface area contributed by atoms with Crippen molar-refractivity contribution in [2.24, 2.45) is 0 Å². The molecule has 0 saturated heterocycles. The van der Waals surface area contributed by atoms with Crippen LogP contribution in [0.15, 0.2) is 24.3 Å². The average Bonchev–Trinajstić information content (AvgIpc) is 2.30. The molecule has 1 rings (SSSR count). The van der Waals surface area contributed by atoms with E-state index in [0.29, 0.717) is 0 Å². The highest BCUT2D eigenvalue weighted by molar-refractivity contribution is 5.25. The standard InChI is InChI=1S/C14H23NO/c1-3-16-11-7-6-10-15-12-14-9-5-4-8-13(14)2/h4-5,8-9,15H,3,6-7,10-12H2,1-2H3. The molecule has 0 saturated carbocycles. The zero-order valence-electron chi connectivity index (χ0n) is 10.5. The van der Waals surface area contributed by atoms with Crippen molar-refractivity contribution in [3.63, 3.8) is 0 Å². The fourth-order valence-electron chi connectivity index (χ4n) is 1.63. The molecule has 0 heterocycles. The maximum Gasteiger partial charge on any atom is 0.0466 e. The minimum Gasteiger partial charge on any atom is -0.382 e. The quantitative estimate of drug-likeness (QED) is 0.682. The molecule has 0 aliphatic heterocycles. The molecule has 0 aliphatic carbocycles. The van der Waals surface area contributed by atoms with Crippen molar-refractivity contribution in [1.82, 2.24) is 5.32 Å². The van der Waals surface area contributed by atoms with Crippen LogP contribution in [0, 0.1) is 6.92 Å².